The lowest BCUT2D eigenvalue weighted by atomic mass is 9.86. The number of hydrogen-bond acceptors (Lipinski definition) is 11. The number of furan rings is 1. The molecule has 0 atom stereocenters. The Morgan fingerprint density at radius 3 is 1.62 bits per heavy atom. The quantitative estimate of drug-likeness (QED) is 0.0828. The van der Waals surface area contributed by atoms with Crippen LogP contribution in [0.3, 0.4) is 0 Å². The second kappa shape index (κ2) is 39.1. The van der Waals surface area contributed by atoms with Crippen LogP contribution in [-0.4, -0.2) is 61.6 Å². The first-order valence-corrected chi connectivity index (χ1v) is 41.4. The first-order valence-electron chi connectivity index (χ1n) is 41.4. The van der Waals surface area contributed by atoms with Crippen LogP contribution in [0.15, 0.2) is 242 Å². The van der Waals surface area contributed by atoms with Crippen LogP contribution in [0.4, 0.5) is 17.5 Å². The Balaban J connectivity index is 0.000000139. The molecule has 0 saturated heterocycles. The van der Waals surface area contributed by atoms with Crippen molar-refractivity contribution in [1.29, 1.82) is 0 Å². The fourth-order valence-electron chi connectivity index (χ4n) is 13.9. The summed E-state index contributed by atoms with van der Waals surface area (Å²) in [6.45, 7) is 49.2. The maximum atomic E-state index is 5.70. The standard InChI is InChI=1S/C14H16.2C13H15N.C11H14N2.C11H12O.2C10H13N3.C10H14N2.C10H12N2/c1-14(2,3)13-9-8-11-6-4-5-7-12(11)10-13;1-13(2,3)11-8-10-6-4-5-7-12(10)14-9-11;1-13(2,3)12-8-10-6-4-5-7-11(10)9-14-12;1-7(2)9-5-4-6-10-11(9)13-8(3)12-10;1-8(2)9-3-4-11-10(7-9)5-6-12-11;1-6(2)7-4-3-5-8-9(7)13-10(11)12-8;1-6(2)7-4-3-5-8-9(7)12-13-10(8)11;2*1-7(2)8-3-5-11-9-4-6-12-10(8)9/h4-10H,1-3H3;2*4-9H,1-3H3;4-7H,1-3H3,(H,12,13);3-8H,1-2H3;2*3-6H,1-2H3,(H3,11,12,13);3,5,7,12H,4,6H2,1-2H3;3-7,12H,1-2H3. The van der Waals surface area contributed by atoms with E-state index in [-0.39, 0.29) is 16.2 Å². The van der Waals surface area contributed by atoms with Crippen LogP contribution in [0.5, 0.6) is 0 Å². The summed E-state index contributed by atoms with van der Waals surface area (Å²) < 4.78 is 5.25. The van der Waals surface area contributed by atoms with Gasteiger partial charge in [0, 0.05) is 76.6 Å². The van der Waals surface area contributed by atoms with Crippen LogP contribution in [0.25, 0.3) is 87.4 Å². The molecular weight excluding hydrogens is 1440 g/mol. The van der Waals surface area contributed by atoms with Crippen molar-refractivity contribution in [1.82, 2.24) is 55.1 Å². The third kappa shape index (κ3) is 23.2. The number of nitrogen functional groups attached to an aromatic ring is 2. The van der Waals surface area contributed by atoms with E-state index in [2.05, 4.69) is 345 Å². The number of H-pyrrole nitrogens is 4. The van der Waals surface area contributed by atoms with Gasteiger partial charge in [-0.1, -0.05) is 273 Å². The minimum absolute atomic E-state index is 0.129. The zero-order chi connectivity index (χ0) is 84.5. The van der Waals surface area contributed by atoms with E-state index < -0.39 is 0 Å². The van der Waals surface area contributed by atoms with Crippen molar-refractivity contribution in [3.63, 3.8) is 0 Å². The SMILES string of the molecule is CC(C)(C)c1cc2ccccc2cn1.CC(C)(C)c1ccc2ccccc2c1.CC(C)(C)c1cnc2ccccc2c1.CC(C)c1ccc2occc2c1.CC(C)c1cccc2[nH]c(N)nc12.CC(C)c1cccc2c(N)n[nH]c12.CC(C)c1ccnc2c1NCC2.CC(C)c1ccnc2cc[nH]c12.Cc1nc2c(C(C)C)cccc2[nH]1. The molecule has 15 heteroatoms. The highest BCUT2D eigenvalue weighted by molar-refractivity contribution is 5.91. The number of aromatic nitrogens is 11. The van der Waals surface area contributed by atoms with Gasteiger partial charge in [0.15, 0.2) is 11.8 Å². The molecule has 9 N–H and O–H groups in total. The highest BCUT2D eigenvalue weighted by Gasteiger charge is 2.20. The predicted molar refractivity (Wildman–Crippen MR) is 499 cm³/mol. The molecule has 10 heterocycles. The number of nitrogens with zero attached hydrogens (tertiary/aromatic N) is 7. The van der Waals surface area contributed by atoms with Gasteiger partial charge in [0.2, 0.25) is 0 Å². The molecule has 15 nitrogen and oxygen atoms in total. The summed E-state index contributed by atoms with van der Waals surface area (Å²) in [6, 6.07) is 69.2. The van der Waals surface area contributed by atoms with Crippen molar-refractivity contribution < 1.29 is 4.42 Å². The number of anilines is 3. The highest BCUT2D eigenvalue weighted by Crippen LogP contribution is 2.33. The number of fused-ring (bicyclic) bond motifs is 9. The minimum Gasteiger partial charge on any atom is -0.464 e. The number of aryl methyl sites for hydroxylation is 1. The third-order valence-corrected chi connectivity index (χ3v) is 20.8. The first kappa shape index (κ1) is 87.4. The smallest absolute Gasteiger partial charge is 0.198 e. The summed E-state index contributed by atoms with van der Waals surface area (Å²) >= 11 is 0. The summed E-state index contributed by atoms with van der Waals surface area (Å²) in [5.74, 6) is 5.29. The normalized spacial score (nSPS) is 11.9. The molecule has 608 valence electrons. The van der Waals surface area contributed by atoms with Crippen LogP contribution < -0.4 is 16.8 Å². The van der Waals surface area contributed by atoms with Crippen molar-refractivity contribution in [3.8, 4) is 0 Å². The van der Waals surface area contributed by atoms with Crippen molar-refractivity contribution in [2.24, 2.45) is 0 Å². The Labute approximate surface area is 693 Å². The molecule has 17 aromatic rings. The molecule has 0 radical (unpaired) electrons. The molecule has 0 bridgehead atoms. The summed E-state index contributed by atoms with van der Waals surface area (Å²) in [6.07, 6.45) is 12.5. The van der Waals surface area contributed by atoms with Gasteiger partial charge in [-0.3, -0.25) is 25.0 Å². The van der Waals surface area contributed by atoms with Crippen LogP contribution in [-0.2, 0) is 22.7 Å². The molecule has 1 aliphatic heterocycles. The Morgan fingerprint density at radius 1 is 0.419 bits per heavy atom. The van der Waals surface area contributed by atoms with Gasteiger partial charge >= 0.3 is 0 Å². The average Bonchev–Trinajstić information content (AvgIpc) is 1.66. The molecule has 0 unspecified atom stereocenters. The van der Waals surface area contributed by atoms with Crippen molar-refractivity contribution in [2.75, 3.05) is 23.3 Å². The number of aromatic amines is 4. The van der Waals surface area contributed by atoms with Gasteiger partial charge in [0.25, 0.3) is 0 Å². The molecule has 1 aliphatic rings. The third-order valence-electron chi connectivity index (χ3n) is 20.8. The monoisotopic (exact) mass is 1560 g/mol. The van der Waals surface area contributed by atoms with E-state index in [1.54, 1.807) is 6.26 Å². The molecule has 0 fully saturated rings. The molecule has 8 aromatic carbocycles. The van der Waals surface area contributed by atoms with Gasteiger partial charge in [-0.15, -0.1) is 0 Å². The van der Waals surface area contributed by atoms with E-state index in [0.717, 1.165) is 74.1 Å². The fraction of sp³-hybridized carbons (Fsp3) is 0.324. The van der Waals surface area contributed by atoms with Crippen LogP contribution in [0.1, 0.15) is 243 Å². The summed E-state index contributed by atoms with van der Waals surface area (Å²) in [5, 5.41) is 18.9. The molecule has 0 amide bonds. The van der Waals surface area contributed by atoms with E-state index in [1.807, 2.05) is 98.6 Å². The number of rotatable bonds is 6. The van der Waals surface area contributed by atoms with E-state index in [1.165, 1.54) is 93.7 Å². The number of hydrogen-bond donors (Lipinski definition) is 7. The van der Waals surface area contributed by atoms with E-state index >= 15 is 0 Å². The summed E-state index contributed by atoms with van der Waals surface area (Å²) in [5.41, 5.74) is 35.7. The van der Waals surface area contributed by atoms with Crippen molar-refractivity contribution in [2.45, 2.75) is 210 Å². The molecule has 0 aliphatic carbocycles. The van der Waals surface area contributed by atoms with Gasteiger partial charge in [-0.05, 0) is 187 Å². The van der Waals surface area contributed by atoms with Gasteiger partial charge < -0.3 is 36.2 Å². The molecule has 0 spiro atoms. The lowest BCUT2D eigenvalue weighted by molar-refractivity contribution is 0.570. The highest BCUT2D eigenvalue weighted by atomic mass is 16.3. The Morgan fingerprint density at radius 2 is 0.983 bits per heavy atom. The fourth-order valence-corrected chi connectivity index (χ4v) is 13.9. The molecular formula is C102H124N14O. The van der Waals surface area contributed by atoms with Crippen LogP contribution in [0, 0.1) is 6.92 Å². The zero-order valence-corrected chi connectivity index (χ0v) is 73.1. The van der Waals surface area contributed by atoms with E-state index in [0.29, 0.717) is 47.3 Å². The number of nitrogens with one attached hydrogen (secondary N) is 5. The molecule has 0 saturated carbocycles. The first-order chi connectivity index (χ1) is 55.6. The lowest BCUT2D eigenvalue weighted by Gasteiger charge is -2.19. The van der Waals surface area contributed by atoms with E-state index in [4.69, 9.17) is 15.9 Å². The summed E-state index contributed by atoms with van der Waals surface area (Å²) in [7, 11) is 0. The number of benzene rings is 8. The number of para-hydroxylation sites is 4. The van der Waals surface area contributed by atoms with Crippen molar-refractivity contribution in [3.05, 3.63) is 299 Å². The van der Waals surface area contributed by atoms with Crippen molar-refractivity contribution >= 4 is 105 Å². The second-order valence-electron chi connectivity index (χ2n) is 35.1. The van der Waals surface area contributed by atoms with Crippen LogP contribution in [0.2, 0.25) is 0 Å². The minimum atomic E-state index is 0.129. The molecule has 117 heavy (non-hydrogen) atoms. The van der Waals surface area contributed by atoms with Gasteiger partial charge in [-0.2, -0.15) is 5.10 Å². The van der Waals surface area contributed by atoms with Gasteiger partial charge in [-0.25, -0.2) is 9.97 Å². The number of nitrogens with two attached hydrogens (primary N) is 2. The Bertz CT molecular complexity index is 5720. The van der Waals surface area contributed by atoms with Crippen LogP contribution >= 0.6 is 0 Å². The Hall–Kier alpha value is -12.0. The summed E-state index contributed by atoms with van der Waals surface area (Å²) in [4.78, 5) is 35.7. The number of imidazole rings is 2. The van der Waals surface area contributed by atoms with Gasteiger partial charge in [0.1, 0.15) is 11.4 Å². The Kier molecular flexibility index (Phi) is 29.2. The maximum absolute atomic E-state index is 5.70. The largest absolute Gasteiger partial charge is 0.464 e. The molecule has 9 aromatic heterocycles. The van der Waals surface area contributed by atoms with E-state index in [9.17, 15) is 0 Å². The second-order valence-corrected chi connectivity index (χ2v) is 35.1. The maximum Gasteiger partial charge on any atom is 0.198 e. The number of pyridine rings is 4. The average molecular weight is 1560 g/mol. The topological polar surface area (TPSA) is 231 Å². The zero-order valence-electron chi connectivity index (χ0n) is 73.1. The van der Waals surface area contributed by atoms with Gasteiger partial charge in [0.05, 0.1) is 61.8 Å². The lowest BCUT2D eigenvalue weighted by Crippen LogP contribution is -2.12. The molecule has 18 rings (SSSR count). The predicted octanol–water partition coefficient (Wildman–Crippen LogP) is 27.1.